The van der Waals surface area contributed by atoms with E-state index in [9.17, 15) is 13.5 Å². The topological polar surface area (TPSA) is 66.4 Å². The summed E-state index contributed by atoms with van der Waals surface area (Å²) >= 11 is 12.8. The Labute approximate surface area is 131 Å². The quantitative estimate of drug-likeness (QED) is 0.883. The Kier molecular flexibility index (Phi) is 4.61. The fraction of sp³-hybridized carbons (Fsp3) is 0.167. The Bertz CT molecular complexity index is 741. The molecule has 1 heterocycles. The van der Waals surface area contributed by atoms with E-state index in [2.05, 4.69) is 4.72 Å². The normalized spacial score (nSPS) is 11.6. The number of aliphatic hydroxyl groups is 1. The fourth-order valence-corrected chi connectivity index (χ4v) is 4.74. The lowest BCUT2D eigenvalue weighted by Crippen LogP contribution is -2.14. The second-order valence-electron chi connectivity index (χ2n) is 4.06. The molecule has 0 bridgehead atoms. The molecule has 1 aromatic heterocycles. The van der Waals surface area contributed by atoms with E-state index >= 15 is 0 Å². The number of halogens is 2. The van der Waals surface area contributed by atoms with Crippen molar-refractivity contribution in [2.45, 2.75) is 18.4 Å². The summed E-state index contributed by atoms with van der Waals surface area (Å²) in [5.41, 5.74) is 0.903. The number of aliphatic hydroxyl groups excluding tert-OH is 1. The van der Waals surface area contributed by atoms with Crippen LogP contribution in [-0.2, 0) is 16.6 Å². The number of rotatable bonds is 4. The van der Waals surface area contributed by atoms with Gasteiger partial charge < -0.3 is 5.11 Å². The summed E-state index contributed by atoms with van der Waals surface area (Å²) in [6.07, 6.45) is 0. The van der Waals surface area contributed by atoms with Crippen LogP contribution in [0.25, 0.3) is 0 Å². The number of benzene rings is 1. The molecule has 0 radical (unpaired) electrons. The van der Waals surface area contributed by atoms with Gasteiger partial charge in [-0.3, -0.25) is 4.72 Å². The van der Waals surface area contributed by atoms with Crippen molar-refractivity contribution in [3.8, 4) is 0 Å². The number of aryl methyl sites for hydroxylation is 1. The molecule has 0 fully saturated rings. The van der Waals surface area contributed by atoms with Crippen LogP contribution in [0.2, 0.25) is 10.0 Å². The van der Waals surface area contributed by atoms with Crippen molar-refractivity contribution in [3.63, 3.8) is 0 Å². The van der Waals surface area contributed by atoms with E-state index in [1.165, 1.54) is 29.5 Å². The highest BCUT2D eigenvalue weighted by Gasteiger charge is 2.23. The van der Waals surface area contributed by atoms with Crippen LogP contribution < -0.4 is 4.72 Å². The molecule has 1 aromatic carbocycles. The monoisotopic (exact) mass is 351 g/mol. The van der Waals surface area contributed by atoms with Crippen molar-refractivity contribution in [1.29, 1.82) is 0 Å². The van der Waals surface area contributed by atoms with E-state index in [1.54, 1.807) is 12.3 Å². The molecule has 0 amide bonds. The molecule has 0 saturated heterocycles. The Morgan fingerprint density at radius 2 is 2.00 bits per heavy atom. The summed E-state index contributed by atoms with van der Waals surface area (Å²) in [7, 11) is -3.77. The molecule has 4 nitrogen and oxygen atoms in total. The predicted molar refractivity (Wildman–Crippen MR) is 82.2 cm³/mol. The average Bonchev–Trinajstić information content (AvgIpc) is 2.75. The highest BCUT2D eigenvalue weighted by atomic mass is 35.5. The first-order valence-electron chi connectivity index (χ1n) is 5.51. The molecular formula is C12H11Cl2NO3S2. The van der Waals surface area contributed by atoms with Gasteiger partial charge in [-0.25, -0.2) is 8.42 Å². The zero-order valence-electron chi connectivity index (χ0n) is 10.4. The summed E-state index contributed by atoms with van der Waals surface area (Å²) in [6.45, 7) is 1.36. The van der Waals surface area contributed by atoms with E-state index in [-0.39, 0.29) is 16.5 Å². The maximum atomic E-state index is 12.4. The highest BCUT2D eigenvalue weighted by molar-refractivity contribution is 7.93. The van der Waals surface area contributed by atoms with E-state index in [4.69, 9.17) is 23.2 Å². The first-order chi connectivity index (χ1) is 9.35. The molecule has 108 valence electrons. The van der Waals surface area contributed by atoms with Crippen molar-refractivity contribution in [1.82, 2.24) is 0 Å². The minimum atomic E-state index is -3.77. The molecule has 20 heavy (non-hydrogen) atoms. The minimum Gasteiger partial charge on any atom is -0.391 e. The SMILES string of the molecule is Cc1csc(CO)c1S(=O)(=O)Nc1ccc(Cl)c(Cl)c1. The number of anilines is 1. The van der Waals surface area contributed by atoms with E-state index in [0.29, 0.717) is 21.2 Å². The molecule has 0 atom stereocenters. The first-order valence-corrected chi connectivity index (χ1v) is 8.62. The van der Waals surface area contributed by atoms with Crippen LogP contribution in [0.3, 0.4) is 0 Å². The van der Waals surface area contributed by atoms with E-state index in [0.717, 1.165) is 0 Å². The van der Waals surface area contributed by atoms with Gasteiger partial charge in [0.25, 0.3) is 10.0 Å². The van der Waals surface area contributed by atoms with Crippen LogP contribution in [0, 0.1) is 6.92 Å². The van der Waals surface area contributed by atoms with Gasteiger partial charge in [0.05, 0.1) is 27.2 Å². The van der Waals surface area contributed by atoms with Gasteiger partial charge in [-0.2, -0.15) is 0 Å². The zero-order valence-corrected chi connectivity index (χ0v) is 13.5. The maximum absolute atomic E-state index is 12.4. The largest absolute Gasteiger partial charge is 0.391 e. The van der Waals surface area contributed by atoms with Gasteiger partial charge >= 0.3 is 0 Å². The van der Waals surface area contributed by atoms with Crippen LogP contribution in [0.4, 0.5) is 5.69 Å². The lowest BCUT2D eigenvalue weighted by molar-refractivity contribution is 0.282. The molecule has 0 spiro atoms. The highest BCUT2D eigenvalue weighted by Crippen LogP contribution is 2.30. The fourth-order valence-electron chi connectivity index (χ4n) is 1.72. The van der Waals surface area contributed by atoms with Crippen LogP contribution in [0.15, 0.2) is 28.5 Å². The Balaban J connectivity index is 2.40. The summed E-state index contributed by atoms with van der Waals surface area (Å²) in [5, 5.41) is 11.5. The molecule has 2 rings (SSSR count). The zero-order chi connectivity index (χ0) is 14.9. The summed E-state index contributed by atoms with van der Waals surface area (Å²) in [6, 6.07) is 4.46. The van der Waals surface area contributed by atoms with Crippen LogP contribution in [0.1, 0.15) is 10.4 Å². The van der Waals surface area contributed by atoms with Crippen molar-refractivity contribution in [3.05, 3.63) is 44.1 Å². The van der Waals surface area contributed by atoms with Gasteiger partial charge in [0.2, 0.25) is 0 Å². The third-order valence-corrected chi connectivity index (χ3v) is 6.14. The van der Waals surface area contributed by atoms with Gasteiger partial charge in [-0.05, 0) is 36.1 Å². The van der Waals surface area contributed by atoms with Gasteiger partial charge in [-0.15, -0.1) is 11.3 Å². The number of hydrogen-bond donors (Lipinski definition) is 2. The smallest absolute Gasteiger partial charge is 0.263 e. The standard InChI is InChI=1S/C12H11Cl2NO3S2/c1-7-6-19-11(5-16)12(7)20(17,18)15-8-2-3-9(13)10(14)4-8/h2-4,6,15-16H,5H2,1H3. The second-order valence-corrected chi connectivity index (χ2v) is 7.46. The van der Waals surface area contributed by atoms with Crippen molar-refractivity contribution < 1.29 is 13.5 Å². The van der Waals surface area contributed by atoms with E-state index < -0.39 is 10.0 Å². The predicted octanol–water partition coefficient (Wildman–Crippen LogP) is 3.66. The van der Waals surface area contributed by atoms with Crippen molar-refractivity contribution >= 4 is 50.2 Å². The minimum absolute atomic E-state index is 0.107. The lowest BCUT2D eigenvalue weighted by Gasteiger charge is -2.10. The second kappa shape index (κ2) is 5.91. The Morgan fingerprint density at radius 1 is 1.30 bits per heavy atom. The molecule has 0 aliphatic heterocycles. The molecule has 0 saturated carbocycles. The first kappa shape index (κ1) is 15.6. The average molecular weight is 352 g/mol. The third-order valence-electron chi connectivity index (χ3n) is 2.57. The molecular weight excluding hydrogens is 341 g/mol. The van der Waals surface area contributed by atoms with Gasteiger partial charge in [0, 0.05) is 0 Å². The van der Waals surface area contributed by atoms with Gasteiger partial charge in [0.1, 0.15) is 4.90 Å². The van der Waals surface area contributed by atoms with Gasteiger partial charge in [-0.1, -0.05) is 23.2 Å². The van der Waals surface area contributed by atoms with E-state index in [1.807, 2.05) is 0 Å². The number of thiophene rings is 1. The molecule has 8 heteroatoms. The summed E-state index contributed by atoms with van der Waals surface area (Å²) in [4.78, 5) is 0.506. The Morgan fingerprint density at radius 3 is 2.60 bits per heavy atom. The maximum Gasteiger partial charge on any atom is 0.263 e. The lowest BCUT2D eigenvalue weighted by atomic mass is 10.3. The molecule has 0 aliphatic rings. The van der Waals surface area contributed by atoms with Crippen LogP contribution in [0.5, 0.6) is 0 Å². The van der Waals surface area contributed by atoms with Crippen molar-refractivity contribution in [2.75, 3.05) is 4.72 Å². The summed E-state index contributed by atoms with van der Waals surface area (Å²) < 4.78 is 27.2. The molecule has 2 N–H and O–H groups in total. The third kappa shape index (κ3) is 3.10. The van der Waals surface area contributed by atoms with Gasteiger partial charge in [0.15, 0.2) is 0 Å². The number of hydrogen-bond acceptors (Lipinski definition) is 4. The summed E-state index contributed by atoms with van der Waals surface area (Å²) in [5.74, 6) is 0. The van der Waals surface area contributed by atoms with Crippen molar-refractivity contribution in [2.24, 2.45) is 0 Å². The number of nitrogens with one attached hydrogen (secondary N) is 1. The molecule has 0 aliphatic carbocycles. The number of sulfonamides is 1. The molecule has 2 aromatic rings. The van der Waals surface area contributed by atoms with Crippen LogP contribution in [-0.4, -0.2) is 13.5 Å². The van der Waals surface area contributed by atoms with Crippen LogP contribution >= 0.6 is 34.5 Å². The Hall–Kier alpha value is -0.790. The molecule has 0 unspecified atom stereocenters.